The Hall–Kier alpha value is -2.22. The predicted molar refractivity (Wildman–Crippen MR) is 83.6 cm³/mol. The van der Waals surface area contributed by atoms with Gasteiger partial charge in [0.15, 0.2) is 0 Å². The van der Waals surface area contributed by atoms with Crippen LogP contribution in [-0.4, -0.2) is 7.85 Å². The molecule has 2 heteroatoms. The van der Waals surface area contributed by atoms with Crippen molar-refractivity contribution in [2.75, 3.05) is 0 Å². The van der Waals surface area contributed by atoms with Gasteiger partial charge in [0.25, 0.3) is 0 Å². The molecule has 0 atom stereocenters. The van der Waals surface area contributed by atoms with Crippen molar-refractivity contribution in [3.8, 4) is 0 Å². The topological polar surface area (TPSA) is 26.0 Å². The molecule has 0 saturated heterocycles. The van der Waals surface area contributed by atoms with Gasteiger partial charge >= 0.3 is 0 Å². The van der Waals surface area contributed by atoms with Crippen LogP contribution in [0, 0.1) is 0 Å². The van der Waals surface area contributed by atoms with Crippen molar-refractivity contribution in [2.45, 2.75) is 6.32 Å². The average Bonchev–Trinajstić information content (AvgIpc) is 2.48. The molecule has 0 aliphatic carbocycles. The molecule has 19 heavy (non-hydrogen) atoms. The molecule has 2 aromatic rings. The Balaban J connectivity index is 2.35. The molecule has 0 unspecified atom stereocenters. The Morgan fingerprint density at radius 3 is 1.95 bits per heavy atom. The fraction of sp³-hybridized carbons (Fsp3) is 0.0588. The minimum absolute atomic E-state index is 0.489. The van der Waals surface area contributed by atoms with Crippen LogP contribution in [0.3, 0.4) is 0 Å². The summed E-state index contributed by atoms with van der Waals surface area (Å²) in [6, 6.07) is 20.0. The van der Waals surface area contributed by atoms with Gasteiger partial charge < -0.3 is 5.73 Å². The van der Waals surface area contributed by atoms with Gasteiger partial charge in [0.2, 0.25) is 0 Å². The van der Waals surface area contributed by atoms with Gasteiger partial charge in [0.1, 0.15) is 0 Å². The molecule has 2 aromatic carbocycles. The van der Waals surface area contributed by atoms with E-state index < -0.39 is 0 Å². The van der Waals surface area contributed by atoms with E-state index in [1.54, 1.807) is 0 Å². The smallest absolute Gasteiger partial charge is 0.0708 e. The molecule has 92 valence electrons. The summed E-state index contributed by atoms with van der Waals surface area (Å²) in [4.78, 5) is 0. The largest absolute Gasteiger partial charge is 0.398 e. The second-order valence-corrected chi connectivity index (χ2v) is 4.23. The fourth-order valence-electron chi connectivity index (χ4n) is 1.90. The average molecular weight is 245 g/mol. The van der Waals surface area contributed by atoms with Crippen molar-refractivity contribution < 1.29 is 0 Å². The standard InChI is InChI=1S/C17H16BN/c18-12-11-16(14-7-3-1-4-8-14)13-17(19)15-9-5-2-6-10-15/h1-11,13H,12,19H2/b16-11+,17-13-. The summed E-state index contributed by atoms with van der Waals surface area (Å²) in [7, 11) is 5.63. The first-order valence-corrected chi connectivity index (χ1v) is 6.29. The molecule has 0 heterocycles. The van der Waals surface area contributed by atoms with E-state index in [1.165, 1.54) is 0 Å². The van der Waals surface area contributed by atoms with E-state index in [4.69, 9.17) is 13.6 Å². The Kier molecular flexibility index (Phi) is 4.63. The first-order valence-electron chi connectivity index (χ1n) is 6.29. The zero-order valence-corrected chi connectivity index (χ0v) is 10.8. The molecule has 2 N–H and O–H groups in total. The second kappa shape index (κ2) is 6.65. The highest BCUT2D eigenvalue weighted by molar-refractivity contribution is 6.10. The summed E-state index contributed by atoms with van der Waals surface area (Å²) in [6.45, 7) is 0. The Morgan fingerprint density at radius 2 is 1.42 bits per heavy atom. The van der Waals surface area contributed by atoms with E-state index in [0.29, 0.717) is 6.32 Å². The number of benzene rings is 2. The molecule has 2 rings (SSSR count). The van der Waals surface area contributed by atoms with Crippen molar-refractivity contribution in [3.63, 3.8) is 0 Å². The predicted octanol–water partition coefficient (Wildman–Crippen LogP) is 3.66. The Bertz CT molecular complexity index is 571. The van der Waals surface area contributed by atoms with Gasteiger partial charge in [0.05, 0.1) is 7.85 Å². The van der Waals surface area contributed by atoms with Crippen LogP contribution in [0.5, 0.6) is 0 Å². The Morgan fingerprint density at radius 1 is 0.895 bits per heavy atom. The number of hydrogen-bond acceptors (Lipinski definition) is 1. The third kappa shape index (κ3) is 3.62. The van der Waals surface area contributed by atoms with Crippen LogP contribution in [-0.2, 0) is 0 Å². The summed E-state index contributed by atoms with van der Waals surface area (Å²) in [5.41, 5.74) is 10.1. The first kappa shape index (κ1) is 13.2. The van der Waals surface area contributed by atoms with Crippen molar-refractivity contribution >= 4 is 19.1 Å². The SMILES string of the molecule is [B]C/C=C(\C=C(/N)c1ccccc1)c1ccccc1. The molecule has 0 aliphatic rings. The quantitative estimate of drug-likeness (QED) is 0.645. The van der Waals surface area contributed by atoms with Gasteiger partial charge in [-0.25, -0.2) is 0 Å². The van der Waals surface area contributed by atoms with Crippen LogP contribution in [0.2, 0.25) is 6.32 Å². The third-order valence-corrected chi connectivity index (χ3v) is 2.86. The summed E-state index contributed by atoms with van der Waals surface area (Å²) in [5, 5.41) is 0. The van der Waals surface area contributed by atoms with E-state index in [2.05, 4.69) is 12.1 Å². The normalized spacial score (nSPS) is 12.4. The zero-order chi connectivity index (χ0) is 13.5. The van der Waals surface area contributed by atoms with Crippen molar-refractivity contribution in [2.24, 2.45) is 5.73 Å². The zero-order valence-electron chi connectivity index (χ0n) is 10.8. The van der Waals surface area contributed by atoms with Gasteiger partial charge in [-0.05, 0) is 22.8 Å². The van der Waals surface area contributed by atoms with Crippen molar-refractivity contribution in [1.29, 1.82) is 0 Å². The summed E-state index contributed by atoms with van der Waals surface area (Å²) in [5.74, 6) is 0. The van der Waals surface area contributed by atoms with Crippen LogP contribution < -0.4 is 5.73 Å². The molecular formula is C17H16BN. The van der Waals surface area contributed by atoms with Crippen molar-refractivity contribution in [3.05, 3.63) is 83.9 Å². The highest BCUT2D eigenvalue weighted by Gasteiger charge is 2.00. The Labute approximate surface area is 115 Å². The van der Waals surface area contributed by atoms with E-state index in [-0.39, 0.29) is 0 Å². The molecular weight excluding hydrogens is 229 g/mol. The maximum Gasteiger partial charge on any atom is 0.0708 e. The maximum absolute atomic E-state index is 6.14. The molecule has 0 saturated carbocycles. The number of hydrogen-bond donors (Lipinski definition) is 1. The molecule has 0 aliphatic heterocycles. The highest BCUT2D eigenvalue weighted by Crippen LogP contribution is 2.20. The molecule has 0 amide bonds. The van der Waals surface area contributed by atoms with Gasteiger partial charge in [-0.2, -0.15) is 0 Å². The van der Waals surface area contributed by atoms with Crippen LogP contribution >= 0.6 is 0 Å². The third-order valence-electron chi connectivity index (χ3n) is 2.86. The molecule has 0 fully saturated rings. The van der Waals surface area contributed by atoms with Crippen LogP contribution in [0.4, 0.5) is 0 Å². The number of allylic oxidation sites excluding steroid dienone is 3. The fourth-order valence-corrected chi connectivity index (χ4v) is 1.90. The van der Waals surface area contributed by atoms with Gasteiger partial charge in [-0.1, -0.05) is 73.1 Å². The van der Waals surface area contributed by atoms with E-state index in [1.807, 2.05) is 60.7 Å². The van der Waals surface area contributed by atoms with Crippen LogP contribution in [0.25, 0.3) is 11.3 Å². The summed E-state index contributed by atoms with van der Waals surface area (Å²) >= 11 is 0. The number of nitrogens with two attached hydrogens (primary N) is 1. The summed E-state index contributed by atoms with van der Waals surface area (Å²) < 4.78 is 0. The van der Waals surface area contributed by atoms with Crippen molar-refractivity contribution in [1.82, 2.24) is 0 Å². The second-order valence-electron chi connectivity index (χ2n) is 4.23. The van der Waals surface area contributed by atoms with E-state index >= 15 is 0 Å². The highest BCUT2D eigenvalue weighted by atomic mass is 14.6. The minimum atomic E-state index is 0.489. The minimum Gasteiger partial charge on any atom is -0.398 e. The van der Waals surface area contributed by atoms with Crippen LogP contribution in [0.15, 0.2) is 72.8 Å². The molecule has 0 bridgehead atoms. The molecule has 0 spiro atoms. The van der Waals surface area contributed by atoms with E-state index in [0.717, 1.165) is 22.4 Å². The van der Waals surface area contributed by atoms with Gasteiger partial charge in [-0.3, -0.25) is 0 Å². The lowest BCUT2D eigenvalue weighted by Crippen LogP contribution is -1.96. The number of rotatable bonds is 4. The lowest BCUT2D eigenvalue weighted by atomic mass is 9.96. The van der Waals surface area contributed by atoms with Crippen LogP contribution in [0.1, 0.15) is 11.1 Å². The van der Waals surface area contributed by atoms with Gasteiger partial charge in [0, 0.05) is 5.70 Å². The first-order chi connectivity index (χ1) is 9.31. The molecule has 1 nitrogen and oxygen atoms in total. The molecule has 2 radical (unpaired) electrons. The maximum atomic E-state index is 6.14. The lowest BCUT2D eigenvalue weighted by Gasteiger charge is -2.06. The molecule has 0 aromatic heterocycles. The van der Waals surface area contributed by atoms with Gasteiger partial charge in [-0.15, -0.1) is 0 Å². The monoisotopic (exact) mass is 245 g/mol. The van der Waals surface area contributed by atoms with E-state index in [9.17, 15) is 0 Å². The summed E-state index contributed by atoms with van der Waals surface area (Å²) in [6.07, 6.45) is 4.44. The lowest BCUT2D eigenvalue weighted by molar-refractivity contribution is 1.50.